The van der Waals surface area contributed by atoms with Gasteiger partial charge in [0.2, 0.25) is 0 Å². The molecule has 0 atom stereocenters. The molecule has 19 heavy (non-hydrogen) atoms. The Kier molecular flexibility index (Phi) is 4.52. The maximum atomic E-state index is 11.6. The third-order valence-corrected chi connectivity index (χ3v) is 3.26. The average molecular weight is 276 g/mol. The second kappa shape index (κ2) is 6.33. The smallest absolute Gasteiger partial charge is 0.264 e. The average Bonchev–Trinajstić information content (AvgIpc) is 2.89. The van der Waals surface area contributed by atoms with Crippen LogP contribution in [0, 0.1) is 0 Å². The highest BCUT2D eigenvalue weighted by Crippen LogP contribution is 2.20. The number of nitrogens with one attached hydrogen (secondary N) is 1. The van der Waals surface area contributed by atoms with Crippen LogP contribution in [0.4, 0.5) is 5.13 Å². The number of anilines is 1. The molecule has 0 saturated carbocycles. The third-order valence-electron chi connectivity index (χ3n) is 2.57. The van der Waals surface area contributed by atoms with Gasteiger partial charge in [0.1, 0.15) is 5.75 Å². The van der Waals surface area contributed by atoms with Crippen LogP contribution in [0.5, 0.6) is 5.75 Å². The molecule has 0 unspecified atom stereocenters. The molecule has 0 saturated heterocycles. The second-order valence-corrected chi connectivity index (χ2v) is 5.30. The van der Waals surface area contributed by atoms with Gasteiger partial charge in [-0.1, -0.05) is 26.0 Å². The molecule has 1 N–H and O–H groups in total. The first-order valence-electron chi connectivity index (χ1n) is 6.07. The van der Waals surface area contributed by atoms with Gasteiger partial charge in [-0.15, -0.1) is 11.3 Å². The van der Waals surface area contributed by atoms with Crippen molar-refractivity contribution in [3.63, 3.8) is 0 Å². The molecule has 0 radical (unpaired) electrons. The summed E-state index contributed by atoms with van der Waals surface area (Å²) >= 11 is 1.38. The summed E-state index contributed by atoms with van der Waals surface area (Å²) in [6.07, 6.45) is 1.65. The van der Waals surface area contributed by atoms with E-state index >= 15 is 0 Å². The Bertz CT molecular complexity index is 538. The van der Waals surface area contributed by atoms with Crippen LogP contribution in [0.2, 0.25) is 0 Å². The lowest BCUT2D eigenvalue weighted by molar-refractivity contribution is -0.118. The number of amides is 1. The fourth-order valence-corrected chi connectivity index (χ4v) is 2.10. The summed E-state index contributed by atoms with van der Waals surface area (Å²) in [7, 11) is 0. The lowest BCUT2D eigenvalue weighted by atomic mass is 10.0. The molecular formula is C14H16N2O2S. The van der Waals surface area contributed by atoms with E-state index < -0.39 is 0 Å². The first-order valence-corrected chi connectivity index (χ1v) is 6.95. The molecule has 4 nitrogen and oxygen atoms in total. The largest absolute Gasteiger partial charge is 0.484 e. The summed E-state index contributed by atoms with van der Waals surface area (Å²) in [5, 5.41) is 5.07. The van der Waals surface area contributed by atoms with Gasteiger partial charge in [0.05, 0.1) is 0 Å². The number of aromatic nitrogens is 1. The Balaban J connectivity index is 1.88. The van der Waals surface area contributed by atoms with Crippen molar-refractivity contribution in [2.45, 2.75) is 19.8 Å². The molecule has 2 aromatic rings. The summed E-state index contributed by atoms with van der Waals surface area (Å²) < 4.78 is 5.47. The van der Waals surface area contributed by atoms with Crippen LogP contribution in [0.1, 0.15) is 25.3 Å². The lowest BCUT2D eigenvalue weighted by Gasteiger charge is -2.09. The van der Waals surface area contributed by atoms with Gasteiger partial charge in [-0.3, -0.25) is 10.1 Å². The van der Waals surface area contributed by atoms with Crippen molar-refractivity contribution in [1.82, 2.24) is 4.98 Å². The van der Waals surface area contributed by atoms with E-state index in [1.807, 2.05) is 29.6 Å². The van der Waals surface area contributed by atoms with E-state index in [2.05, 4.69) is 24.1 Å². The number of hydrogen-bond donors (Lipinski definition) is 1. The monoisotopic (exact) mass is 276 g/mol. The predicted molar refractivity (Wildman–Crippen MR) is 76.8 cm³/mol. The van der Waals surface area contributed by atoms with E-state index in [1.54, 1.807) is 6.20 Å². The maximum Gasteiger partial charge on any atom is 0.264 e. The van der Waals surface area contributed by atoms with E-state index in [9.17, 15) is 4.79 Å². The van der Waals surface area contributed by atoms with Gasteiger partial charge in [0, 0.05) is 11.6 Å². The number of carbonyl (C=O) groups excluding carboxylic acids is 1. The summed E-state index contributed by atoms with van der Waals surface area (Å²) in [5.74, 6) is 0.943. The van der Waals surface area contributed by atoms with Crippen molar-refractivity contribution < 1.29 is 9.53 Å². The number of rotatable bonds is 5. The highest BCUT2D eigenvalue weighted by molar-refractivity contribution is 7.13. The summed E-state index contributed by atoms with van der Waals surface area (Å²) in [6, 6.07) is 7.79. The van der Waals surface area contributed by atoms with Gasteiger partial charge in [0.15, 0.2) is 11.7 Å². The molecule has 0 aliphatic carbocycles. The van der Waals surface area contributed by atoms with E-state index in [4.69, 9.17) is 4.74 Å². The van der Waals surface area contributed by atoms with Gasteiger partial charge < -0.3 is 4.74 Å². The molecule has 0 fully saturated rings. The molecule has 0 aliphatic rings. The topological polar surface area (TPSA) is 51.2 Å². The summed E-state index contributed by atoms with van der Waals surface area (Å²) in [4.78, 5) is 15.6. The summed E-state index contributed by atoms with van der Waals surface area (Å²) in [5.41, 5.74) is 1.19. The van der Waals surface area contributed by atoms with Gasteiger partial charge in [-0.05, 0) is 23.6 Å². The Morgan fingerprint density at radius 3 is 3.00 bits per heavy atom. The zero-order chi connectivity index (χ0) is 13.7. The zero-order valence-corrected chi connectivity index (χ0v) is 11.7. The minimum Gasteiger partial charge on any atom is -0.484 e. The summed E-state index contributed by atoms with van der Waals surface area (Å²) in [6.45, 7) is 4.23. The van der Waals surface area contributed by atoms with E-state index in [-0.39, 0.29) is 12.5 Å². The molecule has 0 aliphatic heterocycles. The van der Waals surface area contributed by atoms with E-state index in [1.165, 1.54) is 16.9 Å². The SMILES string of the molecule is CC(C)c1cccc(OCC(=O)Nc2nccs2)c1. The fourth-order valence-electron chi connectivity index (χ4n) is 1.55. The van der Waals surface area contributed by atoms with Crippen LogP contribution in [0.3, 0.4) is 0 Å². The van der Waals surface area contributed by atoms with Gasteiger partial charge >= 0.3 is 0 Å². The lowest BCUT2D eigenvalue weighted by Crippen LogP contribution is -2.20. The van der Waals surface area contributed by atoms with Crippen LogP contribution < -0.4 is 10.1 Å². The minimum absolute atomic E-state index is 0.0128. The van der Waals surface area contributed by atoms with E-state index in [0.29, 0.717) is 16.8 Å². The predicted octanol–water partition coefficient (Wildman–Crippen LogP) is 3.28. The molecule has 0 spiro atoms. The Hall–Kier alpha value is -1.88. The van der Waals surface area contributed by atoms with Crippen molar-refractivity contribution in [3.8, 4) is 5.75 Å². The number of thiazole rings is 1. The number of ether oxygens (including phenoxy) is 1. The molecule has 5 heteroatoms. The zero-order valence-electron chi connectivity index (χ0n) is 10.9. The molecule has 100 valence electrons. The second-order valence-electron chi connectivity index (χ2n) is 4.40. The first kappa shape index (κ1) is 13.5. The molecule has 1 amide bonds. The van der Waals surface area contributed by atoms with Crippen molar-refractivity contribution in [3.05, 3.63) is 41.4 Å². The Morgan fingerprint density at radius 2 is 2.32 bits per heavy atom. The molecule has 1 aromatic carbocycles. The molecule has 1 heterocycles. The van der Waals surface area contributed by atoms with Crippen molar-refractivity contribution >= 4 is 22.4 Å². The van der Waals surface area contributed by atoms with E-state index in [0.717, 1.165) is 0 Å². The van der Waals surface area contributed by atoms with Crippen molar-refractivity contribution in [2.24, 2.45) is 0 Å². The highest BCUT2D eigenvalue weighted by atomic mass is 32.1. The third kappa shape index (κ3) is 4.06. The maximum absolute atomic E-state index is 11.6. The van der Waals surface area contributed by atoms with Crippen LogP contribution in [-0.2, 0) is 4.79 Å². The van der Waals surface area contributed by atoms with Crippen LogP contribution >= 0.6 is 11.3 Å². The van der Waals surface area contributed by atoms with Gasteiger partial charge in [0.25, 0.3) is 5.91 Å². The van der Waals surface area contributed by atoms with Crippen LogP contribution in [0.15, 0.2) is 35.8 Å². The normalized spacial score (nSPS) is 10.5. The minimum atomic E-state index is -0.204. The molecule has 1 aromatic heterocycles. The quantitative estimate of drug-likeness (QED) is 0.911. The number of carbonyl (C=O) groups is 1. The van der Waals surface area contributed by atoms with Crippen LogP contribution in [-0.4, -0.2) is 17.5 Å². The van der Waals surface area contributed by atoms with Crippen molar-refractivity contribution in [2.75, 3.05) is 11.9 Å². The van der Waals surface area contributed by atoms with Gasteiger partial charge in [-0.25, -0.2) is 4.98 Å². The number of nitrogens with zero attached hydrogens (tertiary/aromatic N) is 1. The highest BCUT2D eigenvalue weighted by Gasteiger charge is 2.06. The number of benzene rings is 1. The number of hydrogen-bond acceptors (Lipinski definition) is 4. The molecule has 2 rings (SSSR count). The van der Waals surface area contributed by atoms with Crippen LogP contribution in [0.25, 0.3) is 0 Å². The van der Waals surface area contributed by atoms with Crippen molar-refractivity contribution in [1.29, 1.82) is 0 Å². The molecule has 0 bridgehead atoms. The Morgan fingerprint density at radius 1 is 1.47 bits per heavy atom. The first-order chi connectivity index (χ1) is 9.15. The fraction of sp³-hybridized carbons (Fsp3) is 0.286. The van der Waals surface area contributed by atoms with Gasteiger partial charge in [-0.2, -0.15) is 0 Å². The standard InChI is InChI=1S/C14H16N2O2S/c1-10(2)11-4-3-5-12(8-11)18-9-13(17)16-14-15-6-7-19-14/h3-8,10H,9H2,1-2H3,(H,15,16,17). The molecular weight excluding hydrogens is 260 g/mol. The Labute approximate surface area is 116 Å².